The summed E-state index contributed by atoms with van der Waals surface area (Å²) in [5.74, 6) is 0. The van der Waals surface area contributed by atoms with Gasteiger partial charge in [-0.25, -0.2) is 0 Å². The Labute approximate surface area is 91.3 Å². The Hall–Kier alpha value is -1.56. The van der Waals surface area contributed by atoms with Crippen molar-refractivity contribution in [2.45, 2.75) is 19.4 Å². The van der Waals surface area contributed by atoms with Gasteiger partial charge in [0.15, 0.2) is 0 Å². The van der Waals surface area contributed by atoms with Crippen molar-refractivity contribution in [3.8, 4) is 0 Å². The van der Waals surface area contributed by atoms with Gasteiger partial charge in [0.2, 0.25) is 0 Å². The number of hydrogen-bond acceptors (Lipinski definition) is 6. The largest absolute Gasteiger partial charge is 0.390 e. The Balaban J connectivity index is 2.09. The van der Waals surface area contributed by atoms with E-state index in [1.54, 1.807) is 11.3 Å². The van der Waals surface area contributed by atoms with Crippen LogP contribution >= 0.6 is 11.3 Å². The molecule has 0 aromatic carbocycles. The van der Waals surface area contributed by atoms with Crippen LogP contribution in [-0.4, -0.2) is 10.2 Å². The summed E-state index contributed by atoms with van der Waals surface area (Å²) >= 11 is 1.70. The minimum absolute atomic E-state index is 0.0820. The van der Waals surface area contributed by atoms with Gasteiger partial charge in [-0.15, -0.1) is 11.3 Å². The van der Waals surface area contributed by atoms with E-state index in [2.05, 4.69) is 28.5 Å². The van der Waals surface area contributed by atoms with Gasteiger partial charge in [0.1, 0.15) is 0 Å². The predicted molar refractivity (Wildman–Crippen MR) is 59.7 cm³/mol. The SMILES string of the molecule is CCC(Nc1nnc(N)o1)c1cccs1. The highest BCUT2D eigenvalue weighted by atomic mass is 32.1. The number of nitrogen functional groups attached to an aromatic ring is 1. The second-order valence-electron chi connectivity index (χ2n) is 3.07. The molecule has 2 heterocycles. The molecule has 0 fully saturated rings. The first-order valence-corrected chi connectivity index (χ1v) is 5.56. The van der Waals surface area contributed by atoms with Crippen molar-refractivity contribution in [1.29, 1.82) is 0 Å². The maximum atomic E-state index is 5.34. The van der Waals surface area contributed by atoms with Crippen LogP contribution in [0.1, 0.15) is 24.3 Å². The number of anilines is 2. The molecule has 0 saturated heterocycles. The van der Waals surface area contributed by atoms with Gasteiger partial charge in [0.05, 0.1) is 6.04 Å². The maximum absolute atomic E-state index is 5.34. The molecule has 3 N–H and O–H groups in total. The van der Waals surface area contributed by atoms with Crippen molar-refractivity contribution in [2.75, 3.05) is 11.1 Å². The highest BCUT2D eigenvalue weighted by molar-refractivity contribution is 7.10. The second kappa shape index (κ2) is 4.31. The highest BCUT2D eigenvalue weighted by Crippen LogP contribution is 2.25. The molecule has 0 radical (unpaired) electrons. The van der Waals surface area contributed by atoms with Crippen molar-refractivity contribution in [2.24, 2.45) is 0 Å². The van der Waals surface area contributed by atoms with E-state index >= 15 is 0 Å². The third-order valence-corrected chi connectivity index (χ3v) is 3.02. The van der Waals surface area contributed by atoms with Gasteiger partial charge >= 0.3 is 12.0 Å². The fourth-order valence-corrected chi connectivity index (χ4v) is 2.17. The van der Waals surface area contributed by atoms with Gasteiger partial charge in [-0.3, -0.25) is 0 Å². The zero-order chi connectivity index (χ0) is 10.7. The Bertz CT molecular complexity index is 411. The molecular formula is C9H12N4OS. The van der Waals surface area contributed by atoms with Crippen molar-refractivity contribution >= 4 is 23.4 Å². The smallest absolute Gasteiger partial charge is 0.317 e. The van der Waals surface area contributed by atoms with Crippen molar-refractivity contribution < 1.29 is 4.42 Å². The lowest BCUT2D eigenvalue weighted by Crippen LogP contribution is -2.08. The molecule has 1 atom stereocenters. The molecule has 2 aromatic heterocycles. The topological polar surface area (TPSA) is 77.0 Å². The van der Waals surface area contributed by atoms with Crippen LogP contribution in [0.4, 0.5) is 12.0 Å². The lowest BCUT2D eigenvalue weighted by molar-refractivity contribution is 0.571. The van der Waals surface area contributed by atoms with Crippen LogP contribution < -0.4 is 11.1 Å². The molecule has 0 aliphatic rings. The number of hydrogen-bond donors (Lipinski definition) is 2. The summed E-state index contributed by atoms with van der Waals surface area (Å²) in [4.78, 5) is 1.24. The van der Waals surface area contributed by atoms with Gasteiger partial charge in [-0.2, -0.15) is 0 Å². The summed E-state index contributed by atoms with van der Waals surface area (Å²) in [5, 5.41) is 12.5. The minimum atomic E-state index is 0.0820. The first kappa shape index (κ1) is 9.97. The number of thiophene rings is 1. The number of nitrogens with one attached hydrogen (secondary N) is 1. The molecule has 0 bridgehead atoms. The van der Waals surface area contributed by atoms with Crippen LogP contribution in [-0.2, 0) is 0 Å². The maximum Gasteiger partial charge on any atom is 0.317 e. The Morgan fingerprint density at radius 1 is 1.60 bits per heavy atom. The van der Waals surface area contributed by atoms with Crippen LogP contribution in [0.2, 0.25) is 0 Å². The van der Waals surface area contributed by atoms with Crippen LogP contribution in [0.3, 0.4) is 0 Å². The molecule has 2 rings (SSSR count). The molecule has 0 aliphatic carbocycles. The van der Waals surface area contributed by atoms with Crippen LogP contribution in [0, 0.1) is 0 Å². The summed E-state index contributed by atoms with van der Waals surface area (Å²) in [5.41, 5.74) is 5.34. The number of rotatable bonds is 4. The van der Waals surface area contributed by atoms with Crippen LogP contribution in [0.15, 0.2) is 21.9 Å². The molecule has 80 valence electrons. The van der Waals surface area contributed by atoms with Crippen molar-refractivity contribution in [3.63, 3.8) is 0 Å². The van der Waals surface area contributed by atoms with Gasteiger partial charge in [-0.05, 0) is 17.9 Å². The van der Waals surface area contributed by atoms with Gasteiger partial charge in [0.25, 0.3) is 0 Å². The lowest BCUT2D eigenvalue weighted by atomic mass is 10.2. The molecule has 15 heavy (non-hydrogen) atoms. The molecular weight excluding hydrogens is 212 g/mol. The predicted octanol–water partition coefficient (Wildman–Crippen LogP) is 2.28. The molecule has 0 saturated carbocycles. The molecule has 0 spiro atoms. The molecule has 1 unspecified atom stereocenters. The summed E-state index contributed by atoms with van der Waals surface area (Å²) in [6.07, 6.45) is 0.947. The fraction of sp³-hybridized carbons (Fsp3) is 0.333. The summed E-state index contributed by atoms with van der Waals surface area (Å²) in [7, 11) is 0. The number of nitrogens with zero attached hydrogens (tertiary/aromatic N) is 2. The quantitative estimate of drug-likeness (QED) is 0.833. The normalized spacial score (nSPS) is 12.6. The van der Waals surface area contributed by atoms with Gasteiger partial charge in [0, 0.05) is 4.88 Å². The minimum Gasteiger partial charge on any atom is -0.390 e. The standard InChI is InChI=1S/C9H12N4OS/c1-2-6(7-4-3-5-15-7)11-9-13-12-8(10)14-9/h3-6H,2H2,1H3,(H2,10,12)(H,11,13). The number of nitrogens with two attached hydrogens (primary N) is 1. The zero-order valence-electron chi connectivity index (χ0n) is 8.30. The lowest BCUT2D eigenvalue weighted by Gasteiger charge is -2.12. The van der Waals surface area contributed by atoms with E-state index in [0.29, 0.717) is 6.01 Å². The van der Waals surface area contributed by atoms with Crippen LogP contribution in [0.5, 0.6) is 0 Å². The van der Waals surface area contributed by atoms with Crippen LogP contribution in [0.25, 0.3) is 0 Å². The van der Waals surface area contributed by atoms with E-state index in [1.165, 1.54) is 4.88 Å². The van der Waals surface area contributed by atoms with Gasteiger partial charge in [-0.1, -0.05) is 23.2 Å². The third kappa shape index (κ3) is 2.27. The summed E-state index contributed by atoms with van der Waals surface area (Å²) in [6, 6.07) is 4.74. The summed E-state index contributed by atoms with van der Waals surface area (Å²) < 4.78 is 5.06. The van der Waals surface area contributed by atoms with E-state index in [9.17, 15) is 0 Å². The Morgan fingerprint density at radius 2 is 2.47 bits per heavy atom. The molecule has 5 nitrogen and oxygen atoms in total. The van der Waals surface area contributed by atoms with Gasteiger partial charge < -0.3 is 15.5 Å². The van der Waals surface area contributed by atoms with E-state index in [4.69, 9.17) is 10.2 Å². The molecule has 2 aromatic rings. The highest BCUT2D eigenvalue weighted by Gasteiger charge is 2.13. The zero-order valence-corrected chi connectivity index (χ0v) is 9.12. The van der Waals surface area contributed by atoms with Crippen molar-refractivity contribution in [1.82, 2.24) is 10.2 Å². The molecule has 0 amide bonds. The van der Waals surface area contributed by atoms with E-state index < -0.39 is 0 Å². The fourth-order valence-electron chi connectivity index (χ4n) is 1.31. The Morgan fingerprint density at radius 3 is 3.00 bits per heavy atom. The molecule has 0 aliphatic heterocycles. The summed E-state index contributed by atoms with van der Waals surface area (Å²) in [6.45, 7) is 2.09. The van der Waals surface area contributed by atoms with E-state index in [-0.39, 0.29) is 12.1 Å². The van der Waals surface area contributed by atoms with E-state index in [0.717, 1.165) is 6.42 Å². The first-order chi connectivity index (χ1) is 7.29. The molecule has 6 heteroatoms. The van der Waals surface area contributed by atoms with E-state index in [1.807, 2.05) is 11.4 Å². The average Bonchev–Trinajstić information content (AvgIpc) is 2.85. The first-order valence-electron chi connectivity index (χ1n) is 4.68. The number of aromatic nitrogens is 2. The monoisotopic (exact) mass is 224 g/mol. The average molecular weight is 224 g/mol. The second-order valence-corrected chi connectivity index (χ2v) is 4.05. The van der Waals surface area contributed by atoms with Crippen molar-refractivity contribution in [3.05, 3.63) is 22.4 Å². The Kier molecular flexibility index (Phi) is 2.86. The third-order valence-electron chi connectivity index (χ3n) is 2.03.